The van der Waals surface area contributed by atoms with Gasteiger partial charge in [0.05, 0.1) is 10.6 Å². The molecule has 1 fully saturated rings. The molecule has 35 heavy (non-hydrogen) atoms. The van der Waals surface area contributed by atoms with Crippen molar-refractivity contribution >= 4 is 33.2 Å². The second-order valence-corrected chi connectivity index (χ2v) is 11.1. The summed E-state index contributed by atoms with van der Waals surface area (Å²) in [5.41, 5.74) is 3.49. The van der Waals surface area contributed by atoms with Gasteiger partial charge in [-0.1, -0.05) is 59.6 Å². The maximum atomic E-state index is 13.5. The Hall–Kier alpha value is -2.87. The Morgan fingerprint density at radius 3 is 2.34 bits per heavy atom. The van der Waals surface area contributed by atoms with Crippen molar-refractivity contribution in [3.05, 3.63) is 94.5 Å². The number of carbonyl (C=O) groups excluding carboxylic acids is 1. The number of sulfonamides is 1. The third-order valence-electron chi connectivity index (χ3n) is 6.18. The van der Waals surface area contributed by atoms with Gasteiger partial charge in [-0.05, 0) is 74.3 Å². The summed E-state index contributed by atoms with van der Waals surface area (Å²) in [4.78, 5) is 15.5. The van der Waals surface area contributed by atoms with Gasteiger partial charge in [-0.15, -0.1) is 0 Å². The smallest absolute Gasteiger partial charge is 0.264 e. The van der Waals surface area contributed by atoms with Crippen LogP contribution in [0.5, 0.6) is 0 Å². The second-order valence-electron chi connectivity index (χ2n) is 8.83. The van der Waals surface area contributed by atoms with E-state index in [1.54, 1.807) is 48.5 Å². The molecule has 8 heteroatoms. The van der Waals surface area contributed by atoms with Crippen LogP contribution >= 0.6 is 11.6 Å². The third kappa shape index (κ3) is 6.42. The molecule has 0 radical (unpaired) electrons. The van der Waals surface area contributed by atoms with Crippen molar-refractivity contribution in [3.8, 4) is 0 Å². The SMILES string of the molecule is Cc1ccc(S(=O)(=O)N(CC(=O)NCc2ccccc2CN2CCCC2)c2cccc(Cl)c2)cc1. The summed E-state index contributed by atoms with van der Waals surface area (Å²) in [6.45, 7) is 4.89. The largest absolute Gasteiger partial charge is 0.350 e. The lowest BCUT2D eigenvalue weighted by Crippen LogP contribution is -2.40. The highest BCUT2D eigenvalue weighted by Crippen LogP contribution is 2.26. The average Bonchev–Trinajstić information content (AvgIpc) is 3.35. The number of likely N-dealkylation sites (tertiary alicyclic amines) is 1. The Balaban J connectivity index is 1.52. The van der Waals surface area contributed by atoms with Gasteiger partial charge in [0.15, 0.2) is 0 Å². The average molecular weight is 512 g/mol. The predicted molar refractivity (Wildman–Crippen MR) is 140 cm³/mol. The predicted octanol–water partition coefficient (Wildman–Crippen LogP) is 4.76. The Bertz CT molecular complexity index is 1270. The van der Waals surface area contributed by atoms with E-state index in [1.807, 2.05) is 25.1 Å². The number of hydrogen-bond donors (Lipinski definition) is 1. The van der Waals surface area contributed by atoms with Gasteiger partial charge in [-0.3, -0.25) is 14.0 Å². The quantitative estimate of drug-likeness (QED) is 0.450. The first-order valence-electron chi connectivity index (χ1n) is 11.7. The number of aryl methyl sites for hydroxylation is 1. The first kappa shape index (κ1) is 25.2. The summed E-state index contributed by atoms with van der Waals surface area (Å²) in [5, 5.41) is 3.31. The van der Waals surface area contributed by atoms with Crippen molar-refractivity contribution in [1.29, 1.82) is 0 Å². The van der Waals surface area contributed by atoms with Crippen LogP contribution in [0, 0.1) is 6.92 Å². The molecule has 1 amide bonds. The summed E-state index contributed by atoms with van der Waals surface area (Å²) in [6.07, 6.45) is 2.43. The van der Waals surface area contributed by atoms with E-state index in [1.165, 1.54) is 18.4 Å². The molecule has 0 aromatic heterocycles. The van der Waals surface area contributed by atoms with Crippen LogP contribution in [0.3, 0.4) is 0 Å². The van der Waals surface area contributed by atoms with Gasteiger partial charge in [0, 0.05) is 18.1 Å². The minimum absolute atomic E-state index is 0.117. The van der Waals surface area contributed by atoms with Gasteiger partial charge in [0.1, 0.15) is 6.54 Å². The molecule has 1 aliphatic rings. The van der Waals surface area contributed by atoms with Crippen molar-refractivity contribution in [2.75, 3.05) is 23.9 Å². The summed E-state index contributed by atoms with van der Waals surface area (Å²) >= 11 is 6.14. The number of rotatable bonds is 9. The van der Waals surface area contributed by atoms with Crippen LogP contribution in [0.15, 0.2) is 77.7 Å². The fourth-order valence-electron chi connectivity index (χ4n) is 4.23. The zero-order chi connectivity index (χ0) is 24.8. The first-order valence-corrected chi connectivity index (χ1v) is 13.6. The Morgan fingerprint density at radius 2 is 1.66 bits per heavy atom. The highest BCUT2D eigenvalue weighted by Gasteiger charge is 2.27. The van der Waals surface area contributed by atoms with Crippen LogP contribution in [-0.4, -0.2) is 38.9 Å². The molecule has 0 aliphatic carbocycles. The van der Waals surface area contributed by atoms with E-state index in [0.717, 1.165) is 35.1 Å². The molecule has 1 saturated heterocycles. The number of hydrogen-bond acceptors (Lipinski definition) is 4. The highest BCUT2D eigenvalue weighted by atomic mass is 35.5. The molecule has 0 spiro atoms. The number of carbonyl (C=O) groups is 1. The van der Waals surface area contributed by atoms with Gasteiger partial charge in [0.25, 0.3) is 10.0 Å². The van der Waals surface area contributed by atoms with E-state index in [4.69, 9.17) is 11.6 Å². The maximum Gasteiger partial charge on any atom is 0.264 e. The molecule has 0 unspecified atom stereocenters. The lowest BCUT2D eigenvalue weighted by atomic mass is 10.1. The normalized spacial score (nSPS) is 14.1. The number of halogens is 1. The van der Waals surface area contributed by atoms with Gasteiger partial charge >= 0.3 is 0 Å². The lowest BCUT2D eigenvalue weighted by Gasteiger charge is -2.24. The zero-order valence-corrected chi connectivity index (χ0v) is 21.4. The minimum Gasteiger partial charge on any atom is -0.350 e. The number of amides is 1. The highest BCUT2D eigenvalue weighted by molar-refractivity contribution is 7.92. The molecule has 3 aromatic carbocycles. The van der Waals surface area contributed by atoms with Crippen molar-refractivity contribution < 1.29 is 13.2 Å². The summed E-state index contributed by atoms with van der Waals surface area (Å²) < 4.78 is 28.1. The summed E-state index contributed by atoms with van der Waals surface area (Å²) in [5.74, 6) is -0.392. The monoisotopic (exact) mass is 511 g/mol. The lowest BCUT2D eigenvalue weighted by molar-refractivity contribution is -0.119. The van der Waals surface area contributed by atoms with Crippen molar-refractivity contribution in [2.24, 2.45) is 0 Å². The maximum absolute atomic E-state index is 13.5. The topological polar surface area (TPSA) is 69.7 Å². The zero-order valence-electron chi connectivity index (χ0n) is 19.8. The summed E-state index contributed by atoms with van der Waals surface area (Å²) in [6, 6.07) is 21.1. The van der Waals surface area contributed by atoms with E-state index < -0.39 is 15.9 Å². The molecule has 1 heterocycles. The van der Waals surface area contributed by atoms with Crippen LogP contribution in [0.25, 0.3) is 0 Å². The van der Waals surface area contributed by atoms with E-state index in [-0.39, 0.29) is 11.4 Å². The van der Waals surface area contributed by atoms with Crippen LogP contribution in [0.2, 0.25) is 5.02 Å². The molecule has 0 bridgehead atoms. The molecular formula is C27H30ClN3O3S. The fourth-order valence-corrected chi connectivity index (χ4v) is 5.83. The first-order chi connectivity index (χ1) is 16.8. The third-order valence-corrected chi connectivity index (χ3v) is 8.20. The number of nitrogens with zero attached hydrogens (tertiary/aromatic N) is 2. The second kappa shape index (κ2) is 11.2. The molecule has 184 valence electrons. The van der Waals surface area contributed by atoms with Gasteiger partial charge in [0.2, 0.25) is 5.91 Å². The van der Waals surface area contributed by atoms with E-state index in [0.29, 0.717) is 17.3 Å². The van der Waals surface area contributed by atoms with E-state index in [9.17, 15) is 13.2 Å². The van der Waals surface area contributed by atoms with Crippen LogP contribution in [0.1, 0.15) is 29.5 Å². The van der Waals surface area contributed by atoms with Crippen molar-refractivity contribution in [3.63, 3.8) is 0 Å². The molecule has 4 rings (SSSR count). The van der Waals surface area contributed by atoms with Crippen LogP contribution in [-0.2, 0) is 27.9 Å². The fraction of sp³-hybridized carbons (Fsp3) is 0.296. The standard InChI is InChI=1S/C27H30ClN3O3S/c1-21-11-13-26(14-12-21)35(33,34)31(25-10-6-9-24(28)17-25)20-27(32)29-18-22-7-2-3-8-23(22)19-30-15-4-5-16-30/h2-3,6-14,17H,4-5,15-16,18-20H2,1H3,(H,29,32). The van der Waals surface area contributed by atoms with E-state index >= 15 is 0 Å². The number of nitrogens with one attached hydrogen (secondary N) is 1. The minimum atomic E-state index is -3.98. The molecule has 1 aliphatic heterocycles. The van der Waals surface area contributed by atoms with Crippen molar-refractivity contribution in [2.45, 2.75) is 37.8 Å². The number of benzene rings is 3. The van der Waals surface area contributed by atoms with Gasteiger partial charge < -0.3 is 5.32 Å². The van der Waals surface area contributed by atoms with Crippen LogP contribution < -0.4 is 9.62 Å². The summed E-state index contributed by atoms with van der Waals surface area (Å²) in [7, 11) is -3.98. The van der Waals surface area contributed by atoms with Crippen LogP contribution in [0.4, 0.5) is 5.69 Å². The Morgan fingerprint density at radius 1 is 0.971 bits per heavy atom. The molecule has 0 atom stereocenters. The Kier molecular flexibility index (Phi) is 8.11. The molecule has 6 nitrogen and oxygen atoms in total. The number of anilines is 1. The Labute approximate surface area is 212 Å². The molecule has 3 aromatic rings. The molecule has 0 saturated carbocycles. The molecular weight excluding hydrogens is 482 g/mol. The van der Waals surface area contributed by atoms with Gasteiger partial charge in [-0.2, -0.15) is 0 Å². The molecule has 1 N–H and O–H groups in total. The van der Waals surface area contributed by atoms with Crippen molar-refractivity contribution in [1.82, 2.24) is 10.2 Å². The van der Waals surface area contributed by atoms with Gasteiger partial charge in [-0.25, -0.2) is 8.42 Å². The van der Waals surface area contributed by atoms with E-state index in [2.05, 4.69) is 16.3 Å².